The van der Waals surface area contributed by atoms with Gasteiger partial charge >= 0.3 is 0 Å². The van der Waals surface area contributed by atoms with Gasteiger partial charge in [0.2, 0.25) is 0 Å². The first-order chi connectivity index (χ1) is 8.66. The maximum Gasteiger partial charge on any atom is 0.253 e. The van der Waals surface area contributed by atoms with E-state index in [-0.39, 0.29) is 22.2 Å². The number of aromatic nitrogens is 1. The number of nitrogens with one attached hydrogen (secondary N) is 1. The Morgan fingerprint density at radius 3 is 3.06 bits per heavy atom. The van der Waals surface area contributed by atoms with Gasteiger partial charge in [0.05, 0.1) is 36.5 Å². The molecule has 1 unspecified atom stereocenters. The average Bonchev–Trinajstić information content (AvgIpc) is 2.40. The SMILES string of the molecule is O=C(NCC1COCCO1)c1cc(Cl)ncc1Cl. The minimum atomic E-state index is -0.307. The molecular weight excluding hydrogens is 279 g/mol. The highest BCUT2D eigenvalue weighted by Crippen LogP contribution is 2.17. The Bertz CT molecular complexity index is 436. The Hall–Kier alpha value is -0.880. The van der Waals surface area contributed by atoms with Crippen LogP contribution in [-0.2, 0) is 9.47 Å². The van der Waals surface area contributed by atoms with Gasteiger partial charge in [0.1, 0.15) is 5.15 Å². The van der Waals surface area contributed by atoms with Crippen molar-refractivity contribution in [1.82, 2.24) is 10.3 Å². The Labute approximate surface area is 114 Å². The van der Waals surface area contributed by atoms with Crippen molar-refractivity contribution < 1.29 is 14.3 Å². The summed E-state index contributed by atoms with van der Waals surface area (Å²) in [5.41, 5.74) is 0.299. The van der Waals surface area contributed by atoms with Crippen LogP contribution in [0, 0.1) is 0 Å². The number of ether oxygens (including phenoxy) is 2. The molecule has 0 aliphatic carbocycles. The molecule has 1 saturated heterocycles. The predicted octanol–water partition coefficient (Wildman–Crippen LogP) is 1.53. The molecule has 1 aromatic heterocycles. The molecule has 1 aromatic rings. The van der Waals surface area contributed by atoms with Crippen molar-refractivity contribution in [3.05, 3.63) is 28.0 Å². The van der Waals surface area contributed by atoms with Gasteiger partial charge in [-0.05, 0) is 6.07 Å². The Morgan fingerprint density at radius 1 is 1.50 bits per heavy atom. The summed E-state index contributed by atoms with van der Waals surface area (Å²) in [7, 11) is 0. The van der Waals surface area contributed by atoms with Gasteiger partial charge in [-0.2, -0.15) is 0 Å². The highest BCUT2D eigenvalue weighted by molar-refractivity contribution is 6.35. The largest absolute Gasteiger partial charge is 0.376 e. The van der Waals surface area contributed by atoms with Crippen molar-refractivity contribution >= 4 is 29.1 Å². The van der Waals surface area contributed by atoms with Crippen LogP contribution in [0.1, 0.15) is 10.4 Å². The predicted molar refractivity (Wildman–Crippen MR) is 67.1 cm³/mol. The first kappa shape index (κ1) is 13.5. The minimum Gasteiger partial charge on any atom is -0.376 e. The standard InChI is InChI=1S/C11H12Cl2N2O3/c12-9-5-14-10(13)3-8(9)11(16)15-4-7-6-17-1-2-18-7/h3,5,7H,1-2,4,6H2,(H,15,16). The van der Waals surface area contributed by atoms with Crippen molar-refractivity contribution in [3.63, 3.8) is 0 Å². The summed E-state index contributed by atoms with van der Waals surface area (Å²) in [5.74, 6) is -0.307. The monoisotopic (exact) mass is 290 g/mol. The third kappa shape index (κ3) is 3.55. The van der Waals surface area contributed by atoms with Gasteiger partial charge < -0.3 is 14.8 Å². The van der Waals surface area contributed by atoms with Gasteiger partial charge in [-0.1, -0.05) is 23.2 Å². The van der Waals surface area contributed by atoms with Crippen molar-refractivity contribution in [3.8, 4) is 0 Å². The van der Waals surface area contributed by atoms with E-state index in [0.717, 1.165) is 0 Å². The molecule has 1 aliphatic rings. The average molecular weight is 291 g/mol. The first-order valence-electron chi connectivity index (χ1n) is 5.45. The van der Waals surface area contributed by atoms with Crippen molar-refractivity contribution in [2.45, 2.75) is 6.10 Å². The molecule has 2 heterocycles. The Kier molecular flexibility index (Phi) is 4.77. The van der Waals surface area contributed by atoms with E-state index in [9.17, 15) is 4.79 Å². The normalized spacial score (nSPS) is 19.6. The van der Waals surface area contributed by atoms with Crippen LogP contribution in [0.15, 0.2) is 12.3 Å². The second kappa shape index (κ2) is 6.33. The molecule has 0 aromatic carbocycles. The van der Waals surface area contributed by atoms with E-state index in [1.807, 2.05) is 0 Å². The summed E-state index contributed by atoms with van der Waals surface area (Å²) in [5, 5.41) is 3.21. The van der Waals surface area contributed by atoms with Gasteiger partial charge in [-0.25, -0.2) is 4.98 Å². The van der Waals surface area contributed by atoms with Crippen LogP contribution in [0.2, 0.25) is 10.2 Å². The maximum absolute atomic E-state index is 11.9. The van der Waals surface area contributed by atoms with E-state index in [4.69, 9.17) is 32.7 Å². The molecule has 1 atom stereocenters. The lowest BCUT2D eigenvalue weighted by molar-refractivity contribution is -0.0855. The van der Waals surface area contributed by atoms with E-state index < -0.39 is 0 Å². The molecule has 0 bridgehead atoms. The fraction of sp³-hybridized carbons (Fsp3) is 0.455. The van der Waals surface area contributed by atoms with Crippen LogP contribution in [0.4, 0.5) is 0 Å². The Morgan fingerprint density at radius 2 is 2.33 bits per heavy atom. The number of halogens is 2. The number of carbonyl (C=O) groups is 1. The second-order valence-corrected chi connectivity index (χ2v) is 4.56. The molecule has 1 aliphatic heterocycles. The Balaban J connectivity index is 1.92. The number of carbonyl (C=O) groups excluding carboxylic acids is 1. The molecule has 1 amide bonds. The summed E-state index contributed by atoms with van der Waals surface area (Å²) in [6.07, 6.45) is 1.22. The smallest absolute Gasteiger partial charge is 0.253 e. The van der Waals surface area contributed by atoms with E-state index in [1.165, 1.54) is 12.3 Å². The molecule has 0 saturated carbocycles. The van der Waals surface area contributed by atoms with Gasteiger partial charge in [-0.3, -0.25) is 4.79 Å². The second-order valence-electron chi connectivity index (χ2n) is 3.76. The van der Waals surface area contributed by atoms with Crippen molar-refractivity contribution in [2.75, 3.05) is 26.4 Å². The summed E-state index contributed by atoms with van der Waals surface area (Å²) < 4.78 is 10.6. The summed E-state index contributed by atoms with van der Waals surface area (Å²) in [6.45, 7) is 1.98. The zero-order valence-electron chi connectivity index (χ0n) is 9.49. The fourth-order valence-corrected chi connectivity index (χ4v) is 1.89. The van der Waals surface area contributed by atoms with Gasteiger partial charge in [0, 0.05) is 12.7 Å². The molecule has 7 heteroatoms. The van der Waals surface area contributed by atoms with Gasteiger partial charge in [-0.15, -0.1) is 0 Å². The summed E-state index contributed by atoms with van der Waals surface area (Å²) >= 11 is 11.6. The van der Waals surface area contributed by atoms with E-state index in [0.29, 0.717) is 31.9 Å². The number of pyridine rings is 1. The number of hydrogen-bond acceptors (Lipinski definition) is 4. The van der Waals surface area contributed by atoms with Crippen LogP contribution in [0.5, 0.6) is 0 Å². The molecule has 18 heavy (non-hydrogen) atoms. The van der Waals surface area contributed by atoms with Crippen molar-refractivity contribution in [2.24, 2.45) is 0 Å². The highest BCUT2D eigenvalue weighted by Gasteiger charge is 2.17. The third-order valence-corrected chi connectivity index (χ3v) is 2.95. The third-order valence-electron chi connectivity index (χ3n) is 2.44. The molecule has 0 spiro atoms. The van der Waals surface area contributed by atoms with E-state index in [2.05, 4.69) is 10.3 Å². The minimum absolute atomic E-state index is 0.126. The molecular formula is C11H12Cl2N2O3. The van der Waals surface area contributed by atoms with E-state index in [1.54, 1.807) is 0 Å². The number of nitrogens with zero attached hydrogens (tertiary/aromatic N) is 1. The highest BCUT2D eigenvalue weighted by atomic mass is 35.5. The molecule has 1 N–H and O–H groups in total. The molecule has 1 fully saturated rings. The van der Waals surface area contributed by atoms with Crippen molar-refractivity contribution in [1.29, 1.82) is 0 Å². The van der Waals surface area contributed by atoms with Gasteiger partial charge in [0.15, 0.2) is 0 Å². The lowest BCUT2D eigenvalue weighted by Crippen LogP contribution is -2.39. The molecule has 2 rings (SSSR count). The number of hydrogen-bond donors (Lipinski definition) is 1. The lowest BCUT2D eigenvalue weighted by atomic mass is 10.2. The fourth-order valence-electron chi connectivity index (χ4n) is 1.54. The van der Waals surface area contributed by atoms with E-state index >= 15 is 0 Å². The summed E-state index contributed by atoms with van der Waals surface area (Å²) in [4.78, 5) is 15.7. The number of amides is 1. The zero-order chi connectivity index (χ0) is 13.0. The maximum atomic E-state index is 11.9. The first-order valence-corrected chi connectivity index (χ1v) is 6.21. The van der Waals surface area contributed by atoms with Crippen LogP contribution < -0.4 is 5.32 Å². The lowest BCUT2D eigenvalue weighted by Gasteiger charge is -2.23. The zero-order valence-corrected chi connectivity index (χ0v) is 11.0. The quantitative estimate of drug-likeness (QED) is 0.858. The molecule has 5 nitrogen and oxygen atoms in total. The van der Waals surface area contributed by atoms with Crippen LogP contribution in [0.3, 0.4) is 0 Å². The number of rotatable bonds is 3. The summed E-state index contributed by atoms with van der Waals surface area (Å²) in [6, 6.07) is 1.43. The van der Waals surface area contributed by atoms with Gasteiger partial charge in [0.25, 0.3) is 5.91 Å². The molecule has 98 valence electrons. The van der Waals surface area contributed by atoms with Crippen LogP contribution >= 0.6 is 23.2 Å². The van der Waals surface area contributed by atoms with Crippen LogP contribution in [-0.4, -0.2) is 43.4 Å². The molecule has 0 radical (unpaired) electrons. The topological polar surface area (TPSA) is 60.5 Å². The van der Waals surface area contributed by atoms with Crippen LogP contribution in [0.25, 0.3) is 0 Å².